The summed E-state index contributed by atoms with van der Waals surface area (Å²) >= 11 is 6.07. The number of nitrogens with two attached hydrogens (primary N) is 1. The van der Waals surface area contributed by atoms with Crippen LogP contribution in [0.2, 0.25) is 0 Å². The molecular weight excluding hydrogens is 1510 g/mol. The van der Waals surface area contributed by atoms with Crippen LogP contribution in [0.3, 0.4) is 0 Å². The fourth-order valence-corrected chi connectivity index (χ4v) is 15.0. The Kier molecular flexibility index (Phi) is 35.7. The third kappa shape index (κ3) is 25.3. The number of primary amides is 1. The molecule has 107 heavy (non-hydrogen) atoms. The number of urea groups is 1. The van der Waals surface area contributed by atoms with E-state index in [1.165, 1.54) is 24.0 Å². The molecule has 2 unspecified atom stereocenters. The second-order valence-corrected chi connectivity index (χ2v) is 30.9. The van der Waals surface area contributed by atoms with Crippen molar-refractivity contribution in [2.45, 2.75) is 189 Å². The number of anilines is 1. The number of amides is 12. The van der Waals surface area contributed by atoms with Gasteiger partial charge in [-0.05, 0) is 110 Å². The Morgan fingerprint density at radius 2 is 1.30 bits per heavy atom. The van der Waals surface area contributed by atoms with E-state index in [0.717, 1.165) is 27.5 Å². The number of aliphatic hydroxyl groups excluding tert-OH is 1. The van der Waals surface area contributed by atoms with Crippen molar-refractivity contribution in [3.8, 4) is 0 Å². The summed E-state index contributed by atoms with van der Waals surface area (Å²) in [6, 6.07) is 11.6. The number of halogens is 2. The predicted molar refractivity (Wildman–Crippen MR) is 406 cm³/mol. The average molecular weight is 1620 g/mol. The standard InChI is InChI=1S/C77H110Br2N10O18/c1-15-47(8)69(61(105-13)42-66(97)87-32-20-24-57(87)71(106-14)49(10)58(90)37-48(9)70(98)51-21-17-16-18-22-51)84(11)73(100)54(44(2)3)39-60(92)68(46(6)7)85(12)77(104)107-43-50-25-27-53(28-26-50)82-72(99)52(23-19-31-81-76(80)103)38-59(91)67(45(4)5)83-62(93)29-30-63(94)86(33-35-88-64(95)40-55(78)74(88)101)34-36-89-65(96)41-56(79)75(89)102/h16-18,21-22,25-28,40-41,44-49,52,54,57,61,67-71,98H,15,19-20,23-24,29-39,42-43H2,1-14H3,(H,82,99)(H,83,93)(H3,80,81,103)/t47?,48-,49-,52+,54-,57-,61?,67-,68-,69-,70+,71+/m0/s1. The van der Waals surface area contributed by atoms with Gasteiger partial charge in [0.15, 0.2) is 11.6 Å². The Balaban J connectivity index is 1.19. The molecule has 28 nitrogen and oxygen atoms in total. The van der Waals surface area contributed by atoms with Crippen molar-refractivity contribution in [1.29, 1.82) is 0 Å². The number of hydrogen-bond donors (Lipinski definition) is 5. The Labute approximate surface area is 644 Å². The maximum atomic E-state index is 14.9. The van der Waals surface area contributed by atoms with Gasteiger partial charge in [0, 0.05) is 135 Å². The molecule has 2 aromatic carbocycles. The van der Waals surface area contributed by atoms with Crippen LogP contribution < -0.4 is 21.7 Å². The number of Topliss-reactive ketones (excluding diaryl/α,β-unsaturated/α-hetero) is 3. The van der Waals surface area contributed by atoms with Crippen molar-refractivity contribution in [3.63, 3.8) is 0 Å². The first-order valence-corrected chi connectivity index (χ1v) is 38.4. The van der Waals surface area contributed by atoms with E-state index >= 15 is 0 Å². The number of carbonyl (C=O) groups is 14. The van der Waals surface area contributed by atoms with Gasteiger partial charge in [0.2, 0.25) is 29.5 Å². The van der Waals surface area contributed by atoms with Crippen LogP contribution in [0.15, 0.2) is 75.7 Å². The van der Waals surface area contributed by atoms with Gasteiger partial charge in [-0.2, -0.15) is 0 Å². The number of ketones is 3. The van der Waals surface area contributed by atoms with Gasteiger partial charge in [0.25, 0.3) is 23.6 Å². The highest BCUT2D eigenvalue weighted by molar-refractivity contribution is 9.12. The van der Waals surface area contributed by atoms with Crippen LogP contribution in [0.5, 0.6) is 0 Å². The van der Waals surface area contributed by atoms with E-state index in [4.69, 9.17) is 19.9 Å². The monoisotopic (exact) mass is 1620 g/mol. The molecule has 3 aliphatic heterocycles. The summed E-state index contributed by atoms with van der Waals surface area (Å²) in [5, 5.41) is 19.1. The number of nitrogens with zero attached hydrogens (tertiary/aromatic N) is 6. The molecule has 3 aliphatic rings. The lowest BCUT2D eigenvalue weighted by atomic mass is 9.83. The minimum absolute atomic E-state index is 0.0270. The van der Waals surface area contributed by atoms with Crippen LogP contribution >= 0.6 is 31.9 Å². The number of rotatable bonds is 44. The minimum Gasteiger partial charge on any atom is -0.445 e. The van der Waals surface area contributed by atoms with Gasteiger partial charge in [-0.25, -0.2) is 9.59 Å². The molecule has 2 aromatic rings. The highest BCUT2D eigenvalue weighted by atomic mass is 79.9. The van der Waals surface area contributed by atoms with Crippen molar-refractivity contribution in [2.75, 3.05) is 72.9 Å². The summed E-state index contributed by atoms with van der Waals surface area (Å²) in [5.41, 5.74) is 6.84. The number of methoxy groups -OCH3 is 2. The number of benzene rings is 2. The summed E-state index contributed by atoms with van der Waals surface area (Å²) in [4.78, 5) is 197. The Morgan fingerprint density at radius 1 is 0.701 bits per heavy atom. The van der Waals surface area contributed by atoms with Crippen molar-refractivity contribution >= 4 is 120 Å². The maximum absolute atomic E-state index is 14.9. The first kappa shape index (κ1) is 89.6. The van der Waals surface area contributed by atoms with E-state index in [2.05, 4.69) is 47.8 Å². The molecule has 5 rings (SSSR count). The molecule has 3 heterocycles. The highest BCUT2D eigenvalue weighted by Crippen LogP contribution is 2.34. The number of aliphatic hydroxyl groups is 1. The maximum Gasteiger partial charge on any atom is 0.410 e. The van der Waals surface area contributed by atoms with E-state index in [1.807, 2.05) is 65.0 Å². The molecule has 6 N–H and O–H groups in total. The van der Waals surface area contributed by atoms with E-state index < -0.39 is 144 Å². The summed E-state index contributed by atoms with van der Waals surface area (Å²) in [6.07, 6.45) is 0.0865. The van der Waals surface area contributed by atoms with Crippen LogP contribution in [0.25, 0.3) is 0 Å². The lowest BCUT2D eigenvalue weighted by Crippen LogP contribution is -2.54. The van der Waals surface area contributed by atoms with E-state index in [1.54, 1.807) is 82.8 Å². The number of hydrogen-bond acceptors (Lipinski definition) is 18. The quantitative estimate of drug-likeness (QED) is 0.0312. The molecule has 0 spiro atoms. The van der Waals surface area contributed by atoms with Gasteiger partial charge in [-0.3, -0.25) is 67.3 Å². The molecule has 0 saturated carbocycles. The molecule has 12 atom stereocenters. The molecule has 590 valence electrons. The molecular formula is C77H110Br2N10O18. The SMILES string of the molecule is CCC(C)[C@@H](C(CC(=O)N1CCC[C@H]1[C@H](OC)[C@@H](C)C(=O)C[C@H](C)[C@@H](O)c1ccccc1)OC)N(C)C(=O)[C@@H](CC(=O)[C@H](C(C)C)N(C)C(=O)OCc1ccc(NC(=O)[C@H](CCCNC(N)=O)CC(=O)[C@@H](NC(=O)CCC(=O)N(CCN2C(=O)C=C(Br)C2=O)CCN2C(=O)C=C(Br)C2=O)C(C)C)cc1)C(C)C. The first-order valence-electron chi connectivity index (χ1n) is 36.8. The lowest BCUT2D eigenvalue weighted by molar-refractivity contribution is -0.149. The van der Waals surface area contributed by atoms with Gasteiger partial charge in [0.1, 0.15) is 12.4 Å². The topological polar surface area (TPSA) is 368 Å². The number of ether oxygens (including phenoxy) is 3. The van der Waals surface area contributed by atoms with Crippen LogP contribution in [-0.4, -0.2) is 221 Å². The Bertz CT molecular complexity index is 3500. The van der Waals surface area contributed by atoms with Crippen LogP contribution in [-0.2, 0) is 78.4 Å². The Morgan fingerprint density at radius 3 is 1.81 bits per heavy atom. The van der Waals surface area contributed by atoms with Gasteiger partial charge < -0.3 is 60.6 Å². The summed E-state index contributed by atoms with van der Waals surface area (Å²) < 4.78 is 17.9. The van der Waals surface area contributed by atoms with Gasteiger partial charge >= 0.3 is 12.1 Å². The second-order valence-electron chi connectivity index (χ2n) is 29.2. The molecule has 0 aliphatic carbocycles. The third-order valence-electron chi connectivity index (χ3n) is 20.6. The Hall–Kier alpha value is -8.06. The number of likely N-dealkylation sites (tertiary alicyclic amines) is 1. The zero-order valence-corrected chi connectivity index (χ0v) is 67.3. The average Bonchev–Trinajstić information content (AvgIpc) is 1.70. The number of nitrogens with one attached hydrogen (secondary N) is 3. The number of imide groups is 2. The second kappa shape index (κ2) is 42.6. The summed E-state index contributed by atoms with van der Waals surface area (Å²) in [6.45, 7) is 17.7. The van der Waals surface area contributed by atoms with Crippen LogP contribution in [0.1, 0.15) is 157 Å². The number of carbonyl (C=O) groups excluding carboxylic acids is 14. The van der Waals surface area contributed by atoms with Gasteiger partial charge in [-0.1, -0.05) is 118 Å². The predicted octanol–water partition coefficient (Wildman–Crippen LogP) is 7.77. The fourth-order valence-electron chi connectivity index (χ4n) is 14.1. The highest BCUT2D eigenvalue weighted by Gasteiger charge is 2.45. The minimum atomic E-state index is -1.12. The molecule has 0 radical (unpaired) electrons. The largest absolute Gasteiger partial charge is 0.445 e. The molecule has 1 saturated heterocycles. The van der Waals surface area contributed by atoms with Crippen molar-refractivity contribution in [2.24, 2.45) is 53.1 Å². The normalized spacial score (nSPS) is 17.6. The third-order valence-corrected chi connectivity index (χ3v) is 21.7. The molecule has 30 heteroatoms. The zero-order chi connectivity index (χ0) is 79.8. The first-order chi connectivity index (χ1) is 50.5. The lowest BCUT2D eigenvalue weighted by Gasteiger charge is -2.41. The smallest absolute Gasteiger partial charge is 0.410 e. The van der Waals surface area contributed by atoms with E-state index in [0.29, 0.717) is 37.1 Å². The molecule has 0 bridgehead atoms. The van der Waals surface area contributed by atoms with Gasteiger partial charge in [-0.15, -0.1) is 0 Å². The van der Waals surface area contributed by atoms with Crippen LogP contribution in [0, 0.1) is 47.3 Å². The summed E-state index contributed by atoms with van der Waals surface area (Å²) in [7, 11) is 6.18. The van der Waals surface area contributed by atoms with Crippen LogP contribution in [0.4, 0.5) is 15.3 Å². The van der Waals surface area contributed by atoms with Crippen molar-refractivity contribution in [1.82, 2.24) is 40.0 Å². The molecule has 0 aromatic heterocycles. The zero-order valence-electron chi connectivity index (χ0n) is 64.1. The van der Waals surface area contributed by atoms with Gasteiger partial charge in [0.05, 0.1) is 57.9 Å². The van der Waals surface area contributed by atoms with E-state index in [-0.39, 0.29) is 128 Å². The van der Waals surface area contributed by atoms with E-state index in [9.17, 15) is 72.2 Å². The summed E-state index contributed by atoms with van der Waals surface area (Å²) in [5.74, 6) is -9.97. The van der Waals surface area contributed by atoms with Crippen molar-refractivity contribution < 1.29 is 86.4 Å². The molecule has 12 amide bonds. The van der Waals surface area contributed by atoms with Crippen molar-refractivity contribution in [3.05, 3.63) is 86.8 Å². The molecule has 1 fully saturated rings. The number of likely N-dealkylation sites (N-methyl/N-ethyl adjacent to an activating group) is 2. The fraction of sp³-hybridized carbons (Fsp3) is 0.610.